The van der Waals surface area contributed by atoms with Crippen LogP contribution in [-0.2, 0) is 0 Å². The number of hydrogen-bond donors (Lipinski definition) is 0. The minimum Gasteiger partial charge on any atom is -0.308 e. The van der Waals surface area contributed by atoms with Crippen LogP contribution in [0.4, 0.5) is 17.1 Å². The van der Waals surface area contributed by atoms with Crippen LogP contribution in [0.1, 0.15) is 0 Å². The molecule has 0 amide bonds. The van der Waals surface area contributed by atoms with Gasteiger partial charge in [0.1, 0.15) is 0 Å². The maximum absolute atomic E-state index is 5.17. The summed E-state index contributed by atoms with van der Waals surface area (Å²) in [5.74, 6) is 2.55. The summed E-state index contributed by atoms with van der Waals surface area (Å²) in [6.45, 7) is 0. The molecule has 0 radical (unpaired) electrons. The number of benzene rings is 8. The molecule has 3 heterocycles. The molecule has 0 atom stereocenters. The quantitative estimate of drug-likeness (QED) is 0.151. The van der Waals surface area contributed by atoms with Gasteiger partial charge in [-0.2, -0.15) is 0 Å². The van der Waals surface area contributed by atoms with Crippen molar-refractivity contribution in [3.63, 3.8) is 0 Å². The largest absolute Gasteiger partial charge is 0.308 e. The lowest BCUT2D eigenvalue weighted by atomic mass is 9.99. The number of rotatable bonds is 8. The zero-order valence-corrected chi connectivity index (χ0v) is 34.2. The van der Waals surface area contributed by atoms with Crippen molar-refractivity contribution in [1.29, 1.82) is 0 Å². The summed E-state index contributed by atoms with van der Waals surface area (Å²) in [6, 6.07) is 75.2. The van der Waals surface area contributed by atoms with E-state index in [1.807, 2.05) is 90.6 Å². The zero-order valence-electron chi connectivity index (χ0n) is 33.4. The Morgan fingerprint density at radius 3 is 1.19 bits per heavy atom. The van der Waals surface area contributed by atoms with Crippen molar-refractivity contribution in [2.24, 2.45) is 0 Å². The van der Waals surface area contributed by atoms with Crippen LogP contribution in [0.15, 0.2) is 228 Å². The Bertz CT molecular complexity index is 3110. The molecule has 8 aromatic carbocycles. The lowest BCUT2D eigenvalue weighted by molar-refractivity contribution is 1.07. The van der Waals surface area contributed by atoms with Crippen LogP contribution in [0.2, 0.25) is 0 Å². The Hall–Kier alpha value is -8.00. The fourth-order valence-corrected chi connectivity index (χ4v) is 8.91. The molecule has 0 aliphatic carbocycles. The Morgan fingerprint density at radius 1 is 0.274 bits per heavy atom. The molecular weight excluding hydrogens is 777 g/mol. The van der Waals surface area contributed by atoms with Crippen molar-refractivity contribution < 1.29 is 0 Å². The monoisotopic (exact) mass is 812 g/mol. The molecule has 2 aromatic heterocycles. The number of nitrogens with zero attached hydrogens (tertiary/aromatic N) is 6. The second-order valence-corrected chi connectivity index (χ2v) is 16.0. The highest BCUT2D eigenvalue weighted by Crippen LogP contribution is 2.51. The molecule has 1 aliphatic heterocycles. The Balaban J connectivity index is 0.964. The van der Waals surface area contributed by atoms with Gasteiger partial charge < -0.3 is 4.90 Å². The molecule has 7 heteroatoms. The summed E-state index contributed by atoms with van der Waals surface area (Å²) in [5, 5.41) is 0. The Morgan fingerprint density at radius 2 is 0.661 bits per heavy atom. The van der Waals surface area contributed by atoms with Crippen LogP contribution in [-0.4, -0.2) is 24.9 Å². The average molecular weight is 813 g/mol. The zero-order chi connectivity index (χ0) is 41.2. The summed E-state index contributed by atoms with van der Waals surface area (Å²) in [6.07, 6.45) is 0. The lowest BCUT2D eigenvalue weighted by Crippen LogP contribution is -2.14. The number of fused-ring (bicyclic) bond motifs is 2. The first-order chi connectivity index (χ1) is 30.7. The molecule has 0 N–H and O–H groups in total. The van der Waals surface area contributed by atoms with E-state index in [-0.39, 0.29) is 0 Å². The first-order valence-electron chi connectivity index (χ1n) is 20.5. The molecule has 0 saturated heterocycles. The maximum atomic E-state index is 5.17. The van der Waals surface area contributed by atoms with Crippen molar-refractivity contribution in [3.8, 4) is 79.2 Å². The van der Waals surface area contributed by atoms with Crippen molar-refractivity contribution in [2.75, 3.05) is 4.90 Å². The number of aromatic nitrogens is 5. The van der Waals surface area contributed by atoms with Gasteiger partial charge in [-0.15, -0.1) is 0 Å². The van der Waals surface area contributed by atoms with Crippen molar-refractivity contribution >= 4 is 28.8 Å². The van der Waals surface area contributed by atoms with Gasteiger partial charge in [0.25, 0.3) is 0 Å². The van der Waals surface area contributed by atoms with Gasteiger partial charge in [-0.25, -0.2) is 24.9 Å². The van der Waals surface area contributed by atoms with E-state index < -0.39 is 0 Å². The highest BCUT2D eigenvalue weighted by molar-refractivity contribution is 7.99. The minimum atomic E-state index is 0.613. The summed E-state index contributed by atoms with van der Waals surface area (Å²) in [5.41, 5.74) is 12.9. The van der Waals surface area contributed by atoms with E-state index >= 15 is 0 Å². The predicted octanol–water partition coefficient (Wildman–Crippen LogP) is 14.3. The molecule has 292 valence electrons. The van der Waals surface area contributed by atoms with Crippen LogP contribution in [0.25, 0.3) is 79.2 Å². The van der Waals surface area contributed by atoms with Gasteiger partial charge in [0.05, 0.1) is 22.8 Å². The molecule has 0 saturated carbocycles. The highest BCUT2D eigenvalue weighted by atomic mass is 32.2. The van der Waals surface area contributed by atoms with Crippen LogP contribution in [0.3, 0.4) is 0 Å². The highest BCUT2D eigenvalue weighted by Gasteiger charge is 2.24. The third kappa shape index (κ3) is 7.31. The van der Waals surface area contributed by atoms with Gasteiger partial charge in [-0.05, 0) is 65.7 Å². The fourth-order valence-electron chi connectivity index (χ4n) is 7.86. The first-order valence-corrected chi connectivity index (χ1v) is 21.3. The third-order valence-corrected chi connectivity index (χ3v) is 12.1. The van der Waals surface area contributed by atoms with Crippen molar-refractivity contribution in [3.05, 3.63) is 218 Å². The van der Waals surface area contributed by atoms with E-state index in [0.717, 1.165) is 61.6 Å². The van der Waals surface area contributed by atoms with E-state index in [2.05, 4.69) is 144 Å². The molecule has 0 unspecified atom stereocenters. The fraction of sp³-hybridized carbons (Fsp3) is 0. The summed E-state index contributed by atoms with van der Waals surface area (Å²) in [7, 11) is 0. The van der Waals surface area contributed by atoms with Gasteiger partial charge in [0, 0.05) is 48.9 Å². The van der Waals surface area contributed by atoms with Gasteiger partial charge >= 0.3 is 0 Å². The topological polar surface area (TPSA) is 67.7 Å². The van der Waals surface area contributed by atoms with Crippen LogP contribution >= 0.6 is 11.8 Å². The van der Waals surface area contributed by atoms with Gasteiger partial charge in [-0.3, -0.25) is 0 Å². The summed E-state index contributed by atoms with van der Waals surface area (Å²) < 4.78 is 0. The van der Waals surface area contributed by atoms with Crippen LogP contribution < -0.4 is 4.90 Å². The number of hydrogen-bond acceptors (Lipinski definition) is 7. The summed E-state index contributed by atoms with van der Waals surface area (Å²) in [4.78, 5) is 30.0. The van der Waals surface area contributed by atoms with E-state index in [1.165, 1.54) is 21.2 Å². The second-order valence-electron chi connectivity index (χ2n) is 14.9. The average Bonchev–Trinajstić information content (AvgIpc) is 3.36. The van der Waals surface area contributed by atoms with Gasteiger partial charge in [-0.1, -0.05) is 176 Å². The number of para-hydroxylation sites is 2. The third-order valence-electron chi connectivity index (χ3n) is 10.9. The lowest BCUT2D eigenvalue weighted by Gasteiger charge is -2.32. The molecular formula is C55H36N6S. The normalized spacial score (nSPS) is 11.8. The second kappa shape index (κ2) is 16.2. The molecule has 1 aliphatic rings. The van der Waals surface area contributed by atoms with Gasteiger partial charge in [0.2, 0.25) is 0 Å². The number of anilines is 3. The van der Waals surface area contributed by atoms with Crippen molar-refractivity contribution in [1.82, 2.24) is 24.9 Å². The van der Waals surface area contributed by atoms with Crippen molar-refractivity contribution in [2.45, 2.75) is 9.79 Å². The van der Waals surface area contributed by atoms with E-state index in [4.69, 9.17) is 24.9 Å². The first kappa shape index (κ1) is 37.0. The molecule has 62 heavy (non-hydrogen) atoms. The maximum Gasteiger partial charge on any atom is 0.164 e. The standard InChI is InChI=1S/C55H36N6S/c1-4-16-38(17-5-1)52-56-46(37-30-32-45(33-31-37)61-48-26-10-12-28-50(48)62-51-29-13-11-27-49(51)61)36-47(57-52)43-24-14-22-41(34-43)42-23-15-25-44(35-42)55-59-53(39-18-6-2-7-19-39)58-54(60-55)40-20-8-3-9-21-40/h1-36H. The Labute approximate surface area is 364 Å². The van der Waals surface area contributed by atoms with Crippen LogP contribution in [0.5, 0.6) is 0 Å². The molecule has 0 bridgehead atoms. The van der Waals surface area contributed by atoms with Crippen LogP contribution in [0, 0.1) is 0 Å². The SMILES string of the molecule is c1ccc(-c2nc(-c3ccc(N4c5ccccc5Sc5ccccc54)cc3)cc(-c3cccc(-c4cccc(-c5nc(-c6ccccc6)nc(-c6ccccc6)n5)c4)c3)n2)cc1. The smallest absolute Gasteiger partial charge is 0.164 e. The summed E-state index contributed by atoms with van der Waals surface area (Å²) >= 11 is 1.81. The molecule has 11 rings (SSSR count). The molecule has 6 nitrogen and oxygen atoms in total. The van der Waals surface area contributed by atoms with Gasteiger partial charge in [0.15, 0.2) is 23.3 Å². The van der Waals surface area contributed by atoms with E-state index in [9.17, 15) is 0 Å². The van der Waals surface area contributed by atoms with E-state index in [0.29, 0.717) is 23.3 Å². The molecule has 10 aromatic rings. The predicted molar refractivity (Wildman–Crippen MR) is 252 cm³/mol. The van der Waals surface area contributed by atoms with E-state index in [1.54, 1.807) is 0 Å². The molecule has 0 spiro atoms. The Kier molecular flexibility index (Phi) is 9.69. The molecule has 0 fully saturated rings. The minimum absolute atomic E-state index is 0.613.